The van der Waals surface area contributed by atoms with Crippen LogP contribution in [-0.4, -0.2) is 27.7 Å². The first-order valence-electron chi connectivity index (χ1n) is 3.17. The molecule has 56 valence electrons. The van der Waals surface area contributed by atoms with Crippen molar-refractivity contribution >= 4 is 0 Å². The van der Waals surface area contributed by atoms with Crippen LogP contribution in [0.3, 0.4) is 0 Å². The van der Waals surface area contributed by atoms with E-state index in [1.54, 1.807) is 6.92 Å². The third-order valence-corrected chi connectivity index (χ3v) is 1.08. The van der Waals surface area contributed by atoms with E-state index in [2.05, 4.69) is 0 Å². The average molecular weight is 134 g/mol. The molecule has 3 N–H and O–H groups in total. The first-order chi connectivity index (χ1) is 4.13. The molecule has 0 fully saturated rings. The summed E-state index contributed by atoms with van der Waals surface area (Å²) in [5.74, 6) is 0. The van der Waals surface area contributed by atoms with Crippen molar-refractivity contribution in [2.75, 3.05) is 0 Å². The molecule has 0 saturated carbocycles. The van der Waals surface area contributed by atoms with Crippen molar-refractivity contribution in [3.63, 3.8) is 0 Å². The summed E-state index contributed by atoms with van der Waals surface area (Å²) >= 11 is 0. The molecular formula is C6H14O3. The number of aliphatic hydroxyl groups is 3. The van der Waals surface area contributed by atoms with E-state index in [1.807, 2.05) is 0 Å². The van der Waals surface area contributed by atoms with Crippen LogP contribution in [0.1, 0.15) is 26.2 Å². The molecule has 0 radical (unpaired) electrons. The maximum Gasteiger partial charge on any atom is 0.151 e. The maximum atomic E-state index is 8.70. The molecule has 1 atom stereocenters. The Morgan fingerprint density at radius 2 is 1.67 bits per heavy atom. The number of hydrogen-bond acceptors (Lipinski definition) is 3. The van der Waals surface area contributed by atoms with Gasteiger partial charge in [-0.05, 0) is 26.2 Å². The van der Waals surface area contributed by atoms with Gasteiger partial charge in [-0.15, -0.1) is 0 Å². The van der Waals surface area contributed by atoms with E-state index in [1.165, 1.54) is 0 Å². The average Bonchev–Trinajstić information content (AvgIpc) is 1.63. The smallest absolute Gasteiger partial charge is 0.151 e. The Balaban J connectivity index is 2.91. The highest BCUT2D eigenvalue weighted by molar-refractivity contribution is 4.48. The predicted octanol–water partition coefficient (Wildman–Crippen LogP) is -0.152. The SMILES string of the molecule is CC(O)CCCC(O)O. The molecule has 0 aromatic heterocycles. The molecule has 0 amide bonds. The molecule has 0 bridgehead atoms. The van der Waals surface area contributed by atoms with Gasteiger partial charge in [0.05, 0.1) is 6.10 Å². The molecule has 0 heterocycles. The Hall–Kier alpha value is -0.120. The third-order valence-electron chi connectivity index (χ3n) is 1.08. The summed E-state index contributed by atoms with van der Waals surface area (Å²) in [6.07, 6.45) is 0.102. The van der Waals surface area contributed by atoms with Gasteiger partial charge in [-0.3, -0.25) is 0 Å². The van der Waals surface area contributed by atoms with Crippen LogP contribution in [-0.2, 0) is 0 Å². The van der Waals surface area contributed by atoms with Crippen LogP contribution in [0.15, 0.2) is 0 Å². The molecule has 0 aliphatic heterocycles. The second-order valence-electron chi connectivity index (χ2n) is 2.26. The van der Waals surface area contributed by atoms with Crippen molar-refractivity contribution in [1.29, 1.82) is 0 Å². The van der Waals surface area contributed by atoms with E-state index in [-0.39, 0.29) is 6.10 Å². The third kappa shape index (κ3) is 7.88. The second-order valence-corrected chi connectivity index (χ2v) is 2.26. The molecule has 0 aromatic carbocycles. The number of hydrogen-bond donors (Lipinski definition) is 3. The Morgan fingerprint density at radius 3 is 2.00 bits per heavy atom. The zero-order chi connectivity index (χ0) is 7.28. The molecule has 9 heavy (non-hydrogen) atoms. The van der Waals surface area contributed by atoms with Crippen LogP contribution >= 0.6 is 0 Å². The largest absolute Gasteiger partial charge is 0.393 e. The second kappa shape index (κ2) is 4.73. The normalized spacial score (nSPS) is 14.3. The van der Waals surface area contributed by atoms with Crippen molar-refractivity contribution in [3.8, 4) is 0 Å². The zero-order valence-corrected chi connectivity index (χ0v) is 5.62. The molecule has 3 nitrogen and oxygen atoms in total. The van der Waals surface area contributed by atoms with Crippen LogP contribution in [0, 0.1) is 0 Å². The van der Waals surface area contributed by atoms with Gasteiger partial charge >= 0.3 is 0 Å². The van der Waals surface area contributed by atoms with Crippen LogP contribution < -0.4 is 0 Å². The first kappa shape index (κ1) is 8.88. The number of aliphatic hydroxyl groups excluding tert-OH is 2. The zero-order valence-electron chi connectivity index (χ0n) is 5.62. The van der Waals surface area contributed by atoms with Gasteiger partial charge in [0.15, 0.2) is 6.29 Å². The highest BCUT2D eigenvalue weighted by Crippen LogP contribution is 2.01. The van der Waals surface area contributed by atoms with Gasteiger partial charge in [0, 0.05) is 0 Å². The van der Waals surface area contributed by atoms with Crippen molar-refractivity contribution in [1.82, 2.24) is 0 Å². The van der Waals surface area contributed by atoms with E-state index in [0.717, 1.165) is 0 Å². The van der Waals surface area contributed by atoms with Gasteiger partial charge in [0.2, 0.25) is 0 Å². The van der Waals surface area contributed by atoms with E-state index in [9.17, 15) is 0 Å². The van der Waals surface area contributed by atoms with E-state index >= 15 is 0 Å². The van der Waals surface area contributed by atoms with E-state index in [4.69, 9.17) is 15.3 Å². The molecule has 0 aromatic rings. The lowest BCUT2D eigenvalue weighted by Crippen LogP contribution is -2.06. The topological polar surface area (TPSA) is 60.7 Å². The van der Waals surface area contributed by atoms with Gasteiger partial charge < -0.3 is 15.3 Å². The monoisotopic (exact) mass is 134 g/mol. The number of rotatable bonds is 4. The molecule has 0 aliphatic rings. The first-order valence-corrected chi connectivity index (χ1v) is 3.17. The van der Waals surface area contributed by atoms with Gasteiger partial charge in [-0.2, -0.15) is 0 Å². The van der Waals surface area contributed by atoms with Crippen LogP contribution in [0.25, 0.3) is 0 Å². The van der Waals surface area contributed by atoms with Crippen LogP contribution in [0.4, 0.5) is 0 Å². The lowest BCUT2D eigenvalue weighted by molar-refractivity contribution is -0.0478. The lowest BCUT2D eigenvalue weighted by Gasteiger charge is -2.04. The van der Waals surface area contributed by atoms with Gasteiger partial charge in [0.25, 0.3) is 0 Å². The Bertz CT molecular complexity index is 53.3. The van der Waals surface area contributed by atoms with Gasteiger partial charge in [-0.1, -0.05) is 0 Å². The minimum atomic E-state index is -1.22. The molecule has 0 spiro atoms. The van der Waals surface area contributed by atoms with E-state index in [0.29, 0.717) is 19.3 Å². The predicted molar refractivity (Wildman–Crippen MR) is 33.8 cm³/mol. The van der Waals surface area contributed by atoms with Crippen LogP contribution in [0.2, 0.25) is 0 Å². The molecule has 1 unspecified atom stereocenters. The molecule has 3 heteroatoms. The highest BCUT2D eigenvalue weighted by Gasteiger charge is 1.98. The summed E-state index contributed by atoms with van der Waals surface area (Å²) in [4.78, 5) is 0. The molecule has 0 saturated heterocycles. The minimum absolute atomic E-state index is 0.330. The van der Waals surface area contributed by atoms with Crippen LogP contribution in [0.5, 0.6) is 0 Å². The molecular weight excluding hydrogens is 120 g/mol. The van der Waals surface area contributed by atoms with Crippen molar-refractivity contribution in [2.45, 2.75) is 38.6 Å². The summed E-state index contributed by atoms with van der Waals surface area (Å²) in [5, 5.41) is 25.4. The van der Waals surface area contributed by atoms with Gasteiger partial charge in [-0.25, -0.2) is 0 Å². The summed E-state index contributed by atoms with van der Waals surface area (Å²) in [5.41, 5.74) is 0. The van der Waals surface area contributed by atoms with Crippen molar-refractivity contribution in [3.05, 3.63) is 0 Å². The summed E-state index contributed by atoms with van der Waals surface area (Å²) < 4.78 is 0. The fourth-order valence-corrected chi connectivity index (χ4v) is 0.596. The lowest BCUT2D eigenvalue weighted by atomic mass is 10.2. The summed E-state index contributed by atoms with van der Waals surface area (Å²) in [6, 6.07) is 0. The highest BCUT2D eigenvalue weighted by atomic mass is 16.5. The standard InChI is InChI=1S/C6H14O3/c1-5(7)3-2-4-6(8)9/h5-9H,2-4H2,1H3. The fraction of sp³-hybridized carbons (Fsp3) is 1.00. The van der Waals surface area contributed by atoms with E-state index < -0.39 is 6.29 Å². The maximum absolute atomic E-state index is 8.70. The summed E-state index contributed by atoms with van der Waals surface area (Å²) in [7, 11) is 0. The minimum Gasteiger partial charge on any atom is -0.393 e. The van der Waals surface area contributed by atoms with Crippen molar-refractivity contribution < 1.29 is 15.3 Å². The molecule has 0 aliphatic carbocycles. The summed E-state index contributed by atoms with van der Waals surface area (Å²) in [6.45, 7) is 1.68. The Kier molecular flexibility index (Phi) is 4.67. The molecule has 0 rings (SSSR count). The van der Waals surface area contributed by atoms with Gasteiger partial charge in [0.1, 0.15) is 0 Å². The quantitative estimate of drug-likeness (QED) is 0.468. The Morgan fingerprint density at radius 1 is 1.11 bits per heavy atom. The fourth-order valence-electron chi connectivity index (χ4n) is 0.596. The van der Waals surface area contributed by atoms with Crippen molar-refractivity contribution in [2.24, 2.45) is 0 Å². The Labute approximate surface area is 54.9 Å².